The highest BCUT2D eigenvalue weighted by molar-refractivity contribution is 8.09. The molecule has 1 aliphatic rings. The van der Waals surface area contributed by atoms with Crippen molar-refractivity contribution in [2.45, 2.75) is 24.7 Å². The number of carbonyl (C=O) groups excluding carboxylic acids is 1. The zero-order valence-corrected chi connectivity index (χ0v) is 13.7. The van der Waals surface area contributed by atoms with E-state index < -0.39 is 20.7 Å². The molecular formula is C15H13N5O3S. The molecule has 0 fully saturated rings. The Labute approximate surface area is 138 Å². The van der Waals surface area contributed by atoms with Crippen LogP contribution < -0.4 is 5.43 Å². The van der Waals surface area contributed by atoms with Crippen molar-refractivity contribution in [1.82, 2.24) is 10.2 Å². The predicted octanol–water partition coefficient (Wildman–Crippen LogP) is 1.80. The maximum absolute atomic E-state index is 12.4. The van der Waals surface area contributed by atoms with E-state index in [1.54, 1.807) is 6.07 Å². The number of H-pyrrole nitrogens is 1. The van der Waals surface area contributed by atoms with Gasteiger partial charge in [-0.15, -0.1) is 0 Å². The standard InChI is InChI=1S/C15H13N5O3S/c1-8(2)12-10(7-16)14(18-17-12)19-20-15-13(21)9-5-3-4-6-11(9)24(15,22)23/h3-6,8H,1-2H3,(H2,17,18,19). The number of ketones is 1. The number of Topliss-reactive ketones (excluding diaryl/α,β-unsaturated/α-hetero) is 1. The molecule has 1 aliphatic heterocycles. The zero-order chi connectivity index (χ0) is 17.5. The summed E-state index contributed by atoms with van der Waals surface area (Å²) in [6.07, 6.45) is 0. The van der Waals surface area contributed by atoms with E-state index in [-0.39, 0.29) is 27.8 Å². The number of hydrogen-bond acceptors (Lipinski definition) is 7. The lowest BCUT2D eigenvalue weighted by Crippen LogP contribution is -2.17. The van der Waals surface area contributed by atoms with Crippen LogP contribution in [0.3, 0.4) is 0 Å². The van der Waals surface area contributed by atoms with Gasteiger partial charge in [-0.2, -0.15) is 15.5 Å². The van der Waals surface area contributed by atoms with Gasteiger partial charge in [-0.3, -0.25) is 15.3 Å². The first-order valence-corrected chi connectivity index (χ1v) is 8.57. The fourth-order valence-corrected chi connectivity index (χ4v) is 3.85. The van der Waals surface area contributed by atoms with Crippen LogP contribution in [0, 0.1) is 11.3 Å². The van der Waals surface area contributed by atoms with Crippen molar-refractivity contribution in [3.63, 3.8) is 0 Å². The lowest BCUT2D eigenvalue weighted by molar-refractivity contribution is 0.106. The molecule has 24 heavy (non-hydrogen) atoms. The molecule has 2 aromatic rings. The fraction of sp³-hybridized carbons (Fsp3) is 0.200. The highest BCUT2D eigenvalue weighted by Crippen LogP contribution is 2.28. The molecule has 0 radical (unpaired) electrons. The summed E-state index contributed by atoms with van der Waals surface area (Å²) in [6.45, 7) is 3.76. The minimum Gasteiger partial charge on any atom is -0.286 e. The number of hydrazone groups is 1. The molecular weight excluding hydrogens is 330 g/mol. The number of sulfone groups is 1. The van der Waals surface area contributed by atoms with Crippen LogP contribution in [0.1, 0.15) is 41.4 Å². The maximum atomic E-state index is 12.4. The van der Waals surface area contributed by atoms with E-state index in [2.05, 4.69) is 20.7 Å². The number of fused-ring (bicyclic) bond motifs is 1. The molecule has 122 valence electrons. The van der Waals surface area contributed by atoms with Crippen LogP contribution in [-0.4, -0.2) is 29.4 Å². The van der Waals surface area contributed by atoms with Crippen molar-refractivity contribution < 1.29 is 13.2 Å². The first-order valence-electron chi connectivity index (χ1n) is 7.08. The van der Waals surface area contributed by atoms with Gasteiger partial charge < -0.3 is 0 Å². The average Bonchev–Trinajstić information content (AvgIpc) is 3.04. The van der Waals surface area contributed by atoms with Gasteiger partial charge in [-0.05, 0) is 18.1 Å². The van der Waals surface area contributed by atoms with Gasteiger partial charge >= 0.3 is 0 Å². The maximum Gasteiger partial charge on any atom is 0.230 e. The Bertz CT molecular complexity index is 1010. The fourth-order valence-electron chi connectivity index (χ4n) is 2.41. The molecule has 1 aromatic heterocycles. The summed E-state index contributed by atoms with van der Waals surface area (Å²) < 4.78 is 24.8. The highest BCUT2D eigenvalue weighted by Gasteiger charge is 2.41. The van der Waals surface area contributed by atoms with Gasteiger partial charge in [-0.25, -0.2) is 8.42 Å². The SMILES string of the molecule is CC(C)c1[nH]nc(NN=C2C(=O)c3ccccc3S2(=O)=O)c1C#N. The molecule has 0 amide bonds. The Morgan fingerprint density at radius 1 is 1.33 bits per heavy atom. The molecule has 8 nitrogen and oxygen atoms in total. The number of rotatable bonds is 3. The molecule has 0 unspecified atom stereocenters. The van der Waals surface area contributed by atoms with Gasteiger partial charge in [0.15, 0.2) is 5.82 Å². The smallest absolute Gasteiger partial charge is 0.230 e. The first-order chi connectivity index (χ1) is 11.4. The minimum absolute atomic E-state index is 0.0245. The van der Waals surface area contributed by atoms with E-state index >= 15 is 0 Å². The summed E-state index contributed by atoms with van der Waals surface area (Å²) >= 11 is 0. The third-order valence-corrected chi connectivity index (χ3v) is 5.34. The summed E-state index contributed by atoms with van der Waals surface area (Å²) in [5, 5.41) is 19.0. The summed E-state index contributed by atoms with van der Waals surface area (Å²) in [7, 11) is -3.98. The molecule has 0 bridgehead atoms. The number of nitriles is 1. The second-order valence-corrected chi connectivity index (χ2v) is 7.32. The molecule has 0 spiro atoms. The third kappa shape index (κ3) is 2.28. The Hall–Kier alpha value is -2.99. The van der Waals surface area contributed by atoms with Crippen molar-refractivity contribution in [2.24, 2.45) is 5.10 Å². The van der Waals surface area contributed by atoms with E-state index in [4.69, 9.17) is 0 Å². The topological polar surface area (TPSA) is 128 Å². The van der Waals surface area contributed by atoms with Crippen LogP contribution in [0.25, 0.3) is 0 Å². The molecule has 3 rings (SSSR count). The normalized spacial score (nSPS) is 17.1. The number of hydrogen-bond donors (Lipinski definition) is 2. The van der Waals surface area contributed by atoms with Gasteiger partial charge in [-0.1, -0.05) is 26.0 Å². The first kappa shape index (κ1) is 15.9. The van der Waals surface area contributed by atoms with E-state index in [0.29, 0.717) is 5.69 Å². The van der Waals surface area contributed by atoms with E-state index in [9.17, 15) is 18.5 Å². The monoisotopic (exact) mass is 343 g/mol. The molecule has 0 aliphatic carbocycles. The lowest BCUT2D eigenvalue weighted by Gasteiger charge is -2.01. The van der Waals surface area contributed by atoms with E-state index in [1.165, 1.54) is 18.2 Å². The van der Waals surface area contributed by atoms with Crippen LogP contribution in [-0.2, 0) is 9.84 Å². The summed E-state index contributed by atoms with van der Waals surface area (Å²) in [5.74, 6) is -0.583. The predicted molar refractivity (Wildman–Crippen MR) is 86.4 cm³/mol. The van der Waals surface area contributed by atoms with Crippen molar-refractivity contribution in [1.29, 1.82) is 5.26 Å². The highest BCUT2D eigenvalue weighted by atomic mass is 32.2. The minimum atomic E-state index is -3.98. The number of aromatic amines is 1. The van der Waals surface area contributed by atoms with Gasteiger partial charge in [0, 0.05) is 5.56 Å². The van der Waals surface area contributed by atoms with Gasteiger partial charge in [0.2, 0.25) is 20.7 Å². The quantitative estimate of drug-likeness (QED) is 0.818. The third-order valence-electron chi connectivity index (χ3n) is 3.62. The van der Waals surface area contributed by atoms with Crippen molar-refractivity contribution in [3.05, 3.63) is 41.1 Å². The molecule has 9 heteroatoms. The van der Waals surface area contributed by atoms with Gasteiger partial charge in [0.1, 0.15) is 11.6 Å². The molecule has 0 saturated carbocycles. The molecule has 2 heterocycles. The second kappa shape index (κ2) is 5.58. The van der Waals surface area contributed by atoms with Crippen LogP contribution in [0.5, 0.6) is 0 Å². The van der Waals surface area contributed by atoms with Crippen LogP contribution >= 0.6 is 0 Å². The number of nitrogens with one attached hydrogen (secondary N) is 2. The number of carbonyl (C=O) groups is 1. The number of aromatic nitrogens is 2. The number of benzene rings is 1. The summed E-state index contributed by atoms with van der Waals surface area (Å²) in [5.41, 5.74) is 3.34. The lowest BCUT2D eigenvalue weighted by atomic mass is 10.1. The van der Waals surface area contributed by atoms with Gasteiger partial charge in [0.25, 0.3) is 0 Å². The number of anilines is 1. The Morgan fingerprint density at radius 2 is 2.04 bits per heavy atom. The van der Waals surface area contributed by atoms with Crippen molar-refractivity contribution in [2.75, 3.05) is 5.43 Å². The molecule has 0 saturated heterocycles. The molecule has 2 N–H and O–H groups in total. The zero-order valence-electron chi connectivity index (χ0n) is 12.9. The van der Waals surface area contributed by atoms with Crippen LogP contribution in [0.15, 0.2) is 34.3 Å². The average molecular weight is 343 g/mol. The molecule has 1 aromatic carbocycles. The second-order valence-electron chi connectivity index (χ2n) is 5.48. The summed E-state index contributed by atoms with van der Waals surface area (Å²) in [6, 6.07) is 7.90. The van der Waals surface area contributed by atoms with Gasteiger partial charge in [0.05, 0.1) is 10.6 Å². The van der Waals surface area contributed by atoms with Crippen LogP contribution in [0.4, 0.5) is 5.82 Å². The van der Waals surface area contributed by atoms with E-state index in [1.807, 2.05) is 19.9 Å². The Morgan fingerprint density at radius 3 is 2.67 bits per heavy atom. The largest absolute Gasteiger partial charge is 0.286 e. The van der Waals surface area contributed by atoms with Crippen LogP contribution in [0.2, 0.25) is 0 Å². The summed E-state index contributed by atoms with van der Waals surface area (Å²) in [4.78, 5) is 12.2. The molecule has 0 atom stereocenters. The number of nitrogens with zero attached hydrogens (tertiary/aromatic N) is 3. The Kier molecular flexibility index (Phi) is 3.69. The van der Waals surface area contributed by atoms with Crippen molar-refractivity contribution in [3.8, 4) is 6.07 Å². The van der Waals surface area contributed by atoms with Crippen molar-refractivity contribution >= 4 is 26.5 Å². The Balaban J connectivity index is 2.01. The van der Waals surface area contributed by atoms with E-state index in [0.717, 1.165) is 0 Å².